The maximum atomic E-state index is 12.4. The average Bonchev–Trinajstić information content (AvgIpc) is 3.05. The Hall–Kier alpha value is -1.40. The van der Waals surface area contributed by atoms with Crippen LogP contribution in [0.2, 0.25) is 0 Å². The number of nitrogens with zero attached hydrogens (tertiary/aromatic N) is 2. The first kappa shape index (κ1) is 13.3. The fraction of sp³-hybridized carbons (Fsp3) is 0.733. The molecule has 21 heavy (non-hydrogen) atoms. The minimum atomic E-state index is 0.104. The van der Waals surface area contributed by atoms with Crippen LogP contribution < -0.4 is 16.4 Å². The van der Waals surface area contributed by atoms with Gasteiger partial charge in [-0.05, 0) is 50.6 Å². The number of rotatable bonds is 3. The van der Waals surface area contributed by atoms with E-state index < -0.39 is 0 Å². The van der Waals surface area contributed by atoms with Gasteiger partial charge in [0.05, 0.1) is 17.9 Å². The van der Waals surface area contributed by atoms with Gasteiger partial charge in [-0.3, -0.25) is 9.48 Å². The number of aromatic nitrogens is 2. The molecule has 6 heteroatoms. The molecule has 114 valence electrons. The van der Waals surface area contributed by atoms with Gasteiger partial charge in [-0.25, -0.2) is 0 Å². The van der Waals surface area contributed by atoms with Gasteiger partial charge < -0.3 is 16.4 Å². The summed E-state index contributed by atoms with van der Waals surface area (Å²) < 4.78 is 2.00. The van der Waals surface area contributed by atoms with E-state index in [1.807, 2.05) is 10.9 Å². The van der Waals surface area contributed by atoms with Crippen molar-refractivity contribution < 1.29 is 4.79 Å². The summed E-state index contributed by atoms with van der Waals surface area (Å²) in [7, 11) is 0. The molecule has 4 N–H and O–H groups in total. The van der Waals surface area contributed by atoms with Gasteiger partial charge in [0.25, 0.3) is 0 Å². The summed E-state index contributed by atoms with van der Waals surface area (Å²) in [4.78, 5) is 12.4. The molecule has 1 aromatic heterocycles. The Morgan fingerprint density at radius 2 is 2.14 bits per heavy atom. The number of anilines is 1. The van der Waals surface area contributed by atoms with Crippen LogP contribution in [0, 0.1) is 17.8 Å². The van der Waals surface area contributed by atoms with Crippen molar-refractivity contribution >= 4 is 11.6 Å². The Balaban J connectivity index is 1.38. The largest absolute Gasteiger partial charge is 0.327 e. The smallest absolute Gasteiger partial charge is 0.227 e. The fourth-order valence-electron chi connectivity index (χ4n) is 4.04. The molecule has 2 heterocycles. The minimum Gasteiger partial charge on any atom is -0.327 e. The zero-order chi connectivity index (χ0) is 14.4. The third kappa shape index (κ3) is 2.46. The molecule has 1 aliphatic heterocycles. The van der Waals surface area contributed by atoms with Crippen molar-refractivity contribution in [2.45, 2.75) is 37.8 Å². The highest BCUT2D eigenvalue weighted by Gasteiger charge is 2.55. The summed E-state index contributed by atoms with van der Waals surface area (Å²) in [5, 5.41) is 10.8. The first-order valence-electron chi connectivity index (χ1n) is 8.03. The molecule has 0 radical (unpaired) electrons. The first-order valence-corrected chi connectivity index (χ1v) is 8.03. The number of nitrogens with two attached hydrogens (primary N) is 1. The van der Waals surface area contributed by atoms with Gasteiger partial charge in [0.2, 0.25) is 5.91 Å². The van der Waals surface area contributed by atoms with Gasteiger partial charge >= 0.3 is 0 Å². The second-order valence-electron chi connectivity index (χ2n) is 6.75. The predicted molar refractivity (Wildman–Crippen MR) is 79.7 cm³/mol. The summed E-state index contributed by atoms with van der Waals surface area (Å²) >= 11 is 0. The highest BCUT2D eigenvalue weighted by molar-refractivity contribution is 5.93. The number of amides is 1. The average molecular weight is 289 g/mol. The van der Waals surface area contributed by atoms with Crippen LogP contribution in [0.3, 0.4) is 0 Å². The molecule has 0 spiro atoms. The number of carbonyl (C=O) groups is 1. The van der Waals surface area contributed by atoms with Crippen LogP contribution >= 0.6 is 0 Å². The standard InChI is InChI=1S/C15H23N5O/c16-14-6-13(11-5-12(11)14)15(21)19-9-7-18-20(8-9)10-1-3-17-4-2-10/h7-8,10-14,17H,1-6,16H2,(H,19,21)/t11-,12+,13-,14+/m0/s1. The molecule has 6 nitrogen and oxygen atoms in total. The van der Waals surface area contributed by atoms with Crippen molar-refractivity contribution in [2.75, 3.05) is 18.4 Å². The van der Waals surface area contributed by atoms with Crippen LogP contribution in [0.25, 0.3) is 0 Å². The molecule has 0 aromatic carbocycles. The quantitative estimate of drug-likeness (QED) is 0.766. The van der Waals surface area contributed by atoms with Crippen molar-refractivity contribution in [1.82, 2.24) is 15.1 Å². The van der Waals surface area contributed by atoms with Crippen LogP contribution in [0.15, 0.2) is 12.4 Å². The highest BCUT2D eigenvalue weighted by atomic mass is 16.1. The van der Waals surface area contributed by atoms with Crippen LogP contribution in [0.5, 0.6) is 0 Å². The zero-order valence-electron chi connectivity index (χ0n) is 12.2. The van der Waals surface area contributed by atoms with Gasteiger partial charge in [0.1, 0.15) is 0 Å². The SMILES string of the molecule is N[C@@H]1C[C@H](C(=O)Nc2cnn(C3CCNCC3)c2)[C@H]2C[C@H]21. The summed E-state index contributed by atoms with van der Waals surface area (Å²) in [5.74, 6) is 1.35. The number of hydrogen-bond donors (Lipinski definition) is 3. The normalized spacial score (nSPS) is 35.5. The van der Waals surface area contributed by atoms with E-state index in [2.05, 4.69) is 15.7 Å². The third-order valence-corrected chi connectivity index (χ3v) is 5.37. The van der Waals surface area contributed by atoms with E-state index >= 15 is 0 Å². The molecule has 1 aromatic rings. The van der Waals surface area contributed by atoms with E-state index in [0.717, 1.165) is 44.5 Å². The topological polar surface area (TPSA) is 85.0 Å². The molecule has 0 bridgehead atoms. The third-order valence-electron chi connectivity index (χ3n) is 5.37. The summed E-state index contributed by atoms with van der Waals surface area (Å²) in [6.45, 7) is 2.07. The maximum Gasteiger partial charge on any atom is 0.227 e. The van der Waals surface area contributed by atoms with E-state index in [1.165, 1.54) is 0 Å². The number of hydrogen-bond acceptors (Lipinski definition) is 4. The van der Waals surface area contributed by atoms with E-state index in [1.54, 1.807) is 6.20 Å². The van der Waals surface area contributed by atoms with E-state index in [0.29, 0.717) is 17.9 Å². The monoisotopic (exact) mass is 289 g/mol. The number of fused-ring (bicyclic) bond motifs is 1. The first-order chi connectivity index (χ1) is 10.2. The van der Waals surface area contributed by atoms with Crippen LogP contribution in [-0.2, 0) is 4.79 Å². The zero-order valence-corrected chi connectivity index (χ0v) is 12.2. The molecule has 0 unspecified atom stereocenters. The van der Waals surface area contributed by atoms with E-state index in [4.69, 9.17) is 5.73 Å². The molecule has 4 rings (SSSR count). The molecule has 3 fully saturated rings. The van der Waals surface area contributed by atoms with Crippen molar-refractivity contribution in [1.29, 1.82) is 0 Å². The second kappa shape index (κ2) is 5.10. The summed E-state index contributed by atoms with van der Waals surface area (Å²) in [6, 6.07) is 0.674. The highest BCUT2D eigenvalue weighted by Crippen LogP contribution is 2.54. The molecular formula is C15H23N5O. The Morgan fingerprint density at radius 1 is 1.33 bits per heavy atom. The Labute approximate surface area is 124 Å². The van der Waals surface area contributed by atoms with E-state index in [9.17, 15) is 4.79 Å². The molecule has 2 saturated carbocycles. The number of carbonyl (C=O) groups excluding carboxylic acids is 1. The van der Waals surface area contributed by atoms with Crippen LogP contribution in [0.4, 0.5) is 5.69 Å². The van der Waals surface area contributed by atoms with Crippen molar-refractivity contribution in [3.8, 4) is 0 Å². The molecule has 3 aliphatic rings. The lowest BCUT2D eigenvalue weighted by Gasteiger charge is -2.22. The van der Waals surface area contributed by atoms with Crippen molar-refractivity contribution in [2.24, 2.45) is 23.5 Å². The molecular weight excluding hydrogens is 266 g/mol. The molecule has 1 saturated heterocycles. The van der Waals surface area contributed by atoms with Crippen LogP contribution in [-0.4, -0.2) is 34.8 Å². The second-order valence-corrected chi connectivity index (χ2v) is 6.75. The fourth-order valence-corrected chi connectivity index (χ4v) is 4.04. The Morgan fingerprint density at radius 3 is 2.81 bits per heavy atom. The van der Waals surface area contributed by atoms with Gasteiger partial charge in [0, 0.05) is 18.2 Å². The molecule has 2 aliphatic carbocycles. The molecule has 1 amide bonds. The Bertz CT molecular complexity index is 536. The van der Waals surface area contributed by atoms with Crippen molar-refractivity contribution in [3.63, 3.8) is 0 Å². The van der Waals surface area contributed by atoms with Gasteiger partial charge in [-0.2, -0.15) is 5.10 Å². The number of nitrogens with one attached hydrogen (secondary N) is 2. The number of piperidine rings is 1. The lowest BCUT2D eigenvalue weighted by atomic mass is 10.0. The lowest BCUT2D eigenvalue weighted by molar-refractivity contribution is -0.120. The Kier molecular flexibility index (Phi) is 3.23. The minimum absolute atomic E-state index is 0.104. The lowest BCUT2D eigenvalue weighted by Crippen LogP contribution is -2.29. The van der Waals surface area contributed by atoms with Gasteiger partial charge in [-0.1, -0.05) is 0 Å². The van der Waals surface area contributed by atoms with Gasteiger partial charge in [0.15, 0.2) is 0 Å². The van der Waals surface area contributed by atoms with Crippen molar-refractivity contribution in [3.05, 3.63) is 12.4 Å². The maximum absolute atomic E-state index is 12.4. The predicted octanol–water partition coefficient (Wildman–Crippen LogP) is 0.729. The van der Waals surface area contributed by atoms with E-state index in [-0.39, 0.29) is 17.9 Å². The van der Waals surface area contributed by atoms with Gasteiger partial charge in [-0.15, -0.1) is 0 Å². The summed E-state index contributed by atoms with van der Waals surface area (Å²) in [6.07, 6.45) is 7.89. The van der Waals surface area contributed by atoms with Crippen LogP contribution in [0.1, 0.15) is 31.7 Å². The summed E-state index contributed by atoms with van der Waals surface area (Å²) in [5.41, 5.74) is 6.86. The molecule has 4 atom stereocenters.